The third-order valence-corrected chi connectivity index (χ3v) is 6.40. The first-order valence-corrected chi connectivity index (χ1v) is 9.60. The molecule has 1 amide bonds. The van der Waals surface area contributed by atoms with Crippen LogP contribution in [0.5, 0.6) is 0 Å². The molecule has 122 valence electrons. The summed E-state index contributed by atoms with van der Waals surface area (Å²) in [7, 11) is 0. The number of amides is 1. The highest BCUT2D eigenvalue weighted by molar-refractivity contribution is 8.00. The van der Waals surface area contributed by atoms with E-state index in [9.17, 15) is 4.79 Å². The summed E-state index contributed by atoms with van der Waals surface area (Å²) in [5.74, 6) is 0.752. The molecule has 6 heteroatoms. The average Bonchev–Trinajstić information content (AvgIpc) is 2.90. The highest BCUT2D eigenvalue weighted by atomic mass is 32.2. The van der Waals surface area contributed by atoms with Crippen molar-refractivity contribution in [3.8, 4) is 0 Å². The van der Waals surface area contributed by atoms with E-state index >= 15 is 0 Å². The number of aryl methyl sites for hydroxylation is 1. The van der Waals surface area contributed by atoms with Gasteiger partial charge in [-0.25, -0.2) is 9.97 Å². The van der Waals surface area contributed by atoms with E-state index in [0.29, 0.717) is 6.54 Å². The number of hydrogen-bond acceptors (Lipinski definition) is 5. The van der Waals surface area contributed by atoms with Crippen LogP contribution in [0.25, 0.3) is 10.2 Å². The van der Waals surface area contributed by atoms with Gasteiger partial charge < -0.3 is 5.32 Å². The van der Waals surface area contributed by atoms with Gasteiger partial charge in [-0.3, -0.25) is 4.79 Å². The Morgan fingerprint density at radius 3 is 3.22 bits per heavy atom. The molecule has 0 saturated heterocycles. The first-order valence-electron chi connectivity index (χ1n) is 7.90. The molecule has 0 aromatic carbocycles. The number of hydrogen-bond donors (Lipinski definition) is 1. The molecular weight excluding hydrogens is 326 g/mol. The van der Waals surface area contributed by atoms with Crippen LogP contribution in [-0.4, -0.2) is 27.7 Å². The third kappa shape index (κ3) is 3.43. The second-order valence-corrected chi connectivity index (χ2v) is 8.42. The van der Waals surface area contributed by atoms with Crippen LogP contribution in [0.15, 0.2) is 24.0 Å². The summed E-state index contributed by atoms with van der Waals surface area (Å²) in [5.41, 5.74) is 1.41. The van der Waals surface area contributed by atoms with E-state index in [2.05, 4.69) is 28.8 Å². The molecule has 2 atom stereocenters. The second kappa shape index (κ2) is 7.01. The molecular formula is C17H21N3OS2. The van der Waals surface area contributed by atoms with Gasteiger partial charge in [0, 0.05) is 16.8 Å². The van der Waals surface area contributed by atoms with Crippen molar-refractivity contribution in [2.24, 2.45) is 5.92 Å². The number of fused-ring (bicyclic) bond motifs is 3. The van der Waals surface area contributed by atoms with E-state index in [4.69, 9.17) is 0 Å². The number of thiophene rings is 1. The summed E-state index contributed by atoms with van der Waals surface area (Å²) >= 11 is 3.31. The highest BCUT2D eigenvalue weighted by Crippen LogP contribution is 2.41. The van der Waals surface area contributed by atoms with Gasteiger partial charge in [-0.05, 0) is 37.7 Å². The van der Waals surface area contributed by atoms with E-state index in [1.807, 2.05) is 6.92 Å². The minimum Gasteiger partial charge on any atom is -0.352 e. The molecule has 0 radical (unpaired) electrons. The van der Waals surface area contributed by atoms with Crippen LogP contribution in [0, 0.1) is 5.92 Å². The summed E-state index contributed by atoms with van der Waals surface area (Å²) in [6.45, 7) is 8.34. The van der Waals surface area contributed by atoms with Crippen LogP contribution >= 0.6 is 23.1 Å². The van der Waals surface area contributed by atoms with Gasteiger partial charge >= 0.3 is 0 Å². The Morgan fingerprint density at radius 2 is 2.43 bits per heavy atom. The predicted octanol–water partition coefficient (Wildman–Crippen LogP) is 3.60. The molecule has 0 spiro atoms. The topological polar surface area (TPSA) is 54.9 Å². The molecule has 2 aromatic rings. The lowest BCUT2D eigenvalue weighted by Gasteiger charge is -2.18. The van der Waals surface area contributed by atoms with Crippen LogP contribution in [0.1, 0.15) is 30.7 Å². The molecule has 3 rings (SSSR count). The largest absolute Gasteiger partial charge is 0.352 e. The molecule has 1 N–H and O–H groups in total. The maximum atomic E-state index is 12.1. The van der Waals surface area contributed by atoms with Crippen LogP contribution in [-0.2, 0) is 17.6 Å². The molecule has 23 heavy (non-hydrogen) atoms. The Morgan fingerprint density at radius 1 is 1.61 bits per heavy atom. The maximum absolute atomic E-state index is 12.1. The number of thioether (sulfide) groups is 1. The maximum Gasteiger partial charge on any atom is 0.233 e. The highest BCUT2D eigenvalue weighted by Gasteiger charge is 2.24. The monoisotopic (exact) mass is 347 g/mol. The van der Waals surface area contributed by atoms with Crippen molar-refractivity contribution in [1.29, 1.82) is 0 Å². The smallest absolute Gasteiger partial charge is 0.233 e. The molecule has 1 aliphatic rings. The van der Waals surface area contributed by atoms with E-state index in [0.717, 1.165) is 28.6 Å². The normalized spacial score (nSPS) is 18.4. The minimum atomic E-state index is -0.189. The van der Waals surface area contributed by atoms with Crippen molar-refractivity contribution in [2.75, 3.05) is 6.54 Å². The van der Waals surface area contributed by atoms with E-state index < -0.39 is 0 Å². The number of nitrogens with one attached hydrogen (secondary N) is 1. The van der Waals surface area contributed by atoms with Crippen molar-refractivity contribution in [1.82, 2.24) is 15.3 Å². The number of nitrogens with zero attached hydrogens (tertiary/aromatic N) is 2. The zero-order valence-corrected chi connectivity index (χ0v) is 15.1. The van der Waals surface area contributed by atoms with E-state index in [1.54, 1.807) is 23.7 Å². The lowest BCUT2D eigenvalue weighted by atomic mass is 9.89. The Kier molecular flexibility index (Phi) is 5.02. The lowest BCUT2D eigenvalue weighted by molar-refractivity contribution is -0.120. The average molecular weight is 348 g/mol. The Hall–Kier alpha value is -1.40. The van der Waals surface area contributed by atoms with Crippen molar-refractivity contribution >= 4 is 39.2 Å². The Bertz CT molecular complexity index is 741. The van der Waals surface area contributed by atoms with Gasteiger partial charge in [0.1, 0.15) is 16.2 Å². The van der Waals surface area contributed by atoms with Crippen LogP contribution in [0.2, 0.25) is 0 Å². The van der Waals surface area contributed by atoms with Gasteiger partial charge in [0.15, 0.2) is 0 Å². The molecule has 0 aliphatic heterocycles. The molecule has 0 unspecified atom stereocenters. The van der Waals surface area contributed by atoms with Crippen molar-refractivity contribution in [2.45, 2.75) is 43.4 Å². The van der Waals surface area contributed by atoms with Gasteiger partial charge in [-0.2, -0.15) is 0 Å². The molecule has 2 aromatic heterocycles. The zero-order chi connectivity index (χ0) is 16.4. The Labute approximate surface area is 144 Å². The number of aromatic nitrogens is 2. The summed E-state index contributed by atoms with van der Waals surface area (Å²) < 4.78 is 0. The number of rotatable bonds is 5. The van der Waals surface area contributed by atoms with Gasteiger partial charge in [-0.1, -0.05) is 24.8 Å². The summed E-state index contributed by atoms with van der Waals surface area (Å²) in [4.78, 5) is 23.5. The third-order valence-electron chi connectivity index (χ3n) is 4.14. The summed E-state index contributed by atoms with van der Waals surface area (Å²) in [5, 5.41) is 4.76. The van der Waals surface area contributed by atoms with Crippen LogP contribution in [0.4, 0.5) is 0 Å². The molecule has 0 fully saturated rings. The van der Waals surface area contributed by atoms with E-state index in [-0.39, 0.29) is 11.2 Å². The SMILES string of the molecule is C=CCNC(=O)[C@@H](C)Sc1ncnc2sc3c(c12)CC[C@H](C)C3. The minimum absolute atomic E-state index is 0.0133. The fourth-order valence-electron chi connectivity index (χ4n) is 2.87. The number of carbonyl (C=O) groups is 1. The molecule has 0 saturated carbocycles. The fraction of sp³-hybridized carbons (Fsp3) is 0.471. The number of carbonyl (C=O) groups excluding carboxylic acids is 1. The quantitative estimate of drug-likeness (QED) is 0.510. The van der Waals surface area contributed by atoms with Gasteiger partial charge in [0.25, 0.3) is 0 Å². The van der Waals surface area contributed by atoms with Gasteiger partial charge in [-0.15, -0.1) is 17.9 Å². The van der Waals surface area contributed by atoms with Crippen molar-refractivity contribution in [3.63, 3.8) is 0 Å². The molecule has 1 aliphatic carbocycles. The lowest BCUT2D eigenvalue weighted by Crippen LogP contribution is -2.30. The van der Waals surface area contributed by atoms with Crippen molar-refractivity contribution < 1.29 is 4.79 Å². The van der Waals surface area contributed by atoms with E-state index in [1.165, 1.54) is 34.0 Å². The second-order valence-electron chi connectivity index (χ2n) is 6.00. The van der Waals surface area contributed by atoms with Gasteiger partial charge in [0.05, 0.1) is 5.25 Å². The fourth-order valence-corrected chi connectivity index (χ4v) is 5.26. The van der Waals surface area contributed by atoms with Crippen molar-refractivity contribution in [3.05, 3.63) is 29.4 Å². The van der Waals surface area contributed by atoms with Crippen LogP contribution in [0.3, 0.4) is 0 Å². The molecule has 0 bridgehead atoms. The summed E-state index contributed by atoms with van der Waals surface area (Å²) in [6.07, 6.45) is 6.75. The predicted molar refractivity (Wildman–Crippen MR) is 97.1 cm³/mol. The first kappa shape index (κ1) is 16.5. The standard InChI is InChI=1S/C17H21N3OS2/c1-4-7-18-15(21)11(3)22-16-14-12-6-5-10(2)8-13(12)23-17(14)20-9-19-16/h4,9-11H,1,5-8H2,2-3H3,(H,18,21)/t10-,11+/m0/s1. The molecule has 4 nitrogen and oxygen atoms in total. The molecule has 2 heterocycles. The van der Waals surface area contributed by atoms with Gasteiger partial charge in [0.2, 0.25) is 5.91 Å². The Balaban J connectivity index is 1.89. The summed E-state index contributed by atoms with van der Waals surface area (Å²) in [6, 6.07) is 0. The first-order chi connectivity index (χ1) is 11.1. The zero-order valence-electron chi connectivity index (χ0n) is 13.5. The van der Waals surface area contributed by atoms with Crippen LogP contribution < -0.4 is 5.32 Å².